The van der Waals surface area contributed by atoms with Gasteiger partial charge in [0, 0.05) is 18.6 Å². The minimum atomic E-state index is -0.158. The number of halogens is 1. The summed E-state index contributed by atoms with van der Waals surface area (Å²) in [5, 5.41) is 3.54. The highest BCUT2D eigenvalue weighted by atomic mass is 19.1. The molecule has 1 saturated carbocycles. The van der Waals surface area contributed by atoms with Gasteiger partial charge >= 0.3 is 0 Å². The van der Waals surface area contributed by atoms with Gasteiger partial charge in [-0.2, -0.15) is 0 Å². The lowest BCUT2D eigenvalue weighted by atomic mass is 9.91. The van der Waals surface area contributed by atoms with E-state index in [4.69, 9.17) is 5.73 Å². The number of aryl methyl sites for hydroxylation is 1. The monoisotopic (exact) mass is 236 g/mol. The molecule has 3 N–H and O–H groups in total. The van der Waals surface area contributed by atoms with Crippen molar-refractivity contribution in [3.05, 3.63) is 35.1 Å². The molecule has 0 aliphatic heterocycles. The van der Waals surface area contributed by atoms with Gasteiger partial charge in [-0.1, -0.05) is 6.07 Å². The Hall–Kier alpha value is -0.930. The SMILES string of the molecule is Cc1cc(F)ccc1CNC1CCC(N)CC1. The number of nitrogens with two attached hydrogens (primary N) is 1. The molecule has 0 aromatic heterocycles. The second-order valence-electron chi connectivity index (χ2n) is 5.06. The molecule has 2 nitrogen and oxygen atoms in total. The van der Waals surface area contributed by atoms with Crippen LogP contribution in [0.1, 0.15) is 36.8 Å². The number of hydrogen-bond donors (Lipinski definition) is 2. The predicted octanol–water partition coefficient (Wildman–Crippen LogP) is 2.49. The molecule has 1 aromatic rings. The summed E-state index contributed by atoms with van der Waals surface area (Å²) in [7, 11) is 0. The van der Waals surface area contributed by atoms with Gasteiger partial charge in [0.1, 0.15) is 5.82 Å². The zero-order valence-electron chi connectivity index (χ0n) is 10.4. The predicted molar refractivity (Wildman–Crippen MR) is 68.2 cm³/mol. The Labute approximate surface area is 102 Å². The van der Waals surface area contributed by atoms with Crippen molar-refractivity contribution in [1.82, 2.24) is 5.32 Å². The number of nitrogens with one attached hydrogen (secondary N) is 1. The van der Waals surface area contributed by atoms with E-state index in [1.807, 2.05) is 13.0 Å². The van der Waals surface area contributed by atoms with Crippen molar-refractivity contribution >= 4 is 0 Å². The Morgan fingerprint density at radius 3 is 2.65 bits per heavy atom. The van der Waals surface area contributed by atoms with Crippen LogP contribution in [0, 0.1) is 12.7 Å². The van der Waals surface area contributed by atoms with E-state index in [1.54, 1.807) is 6.07 Å². The molecule has 17 heavy (non-hydrogen) atoms. The molecule has 2 rings (SSSR count). The van der Waals surface area contributed by atoms with Crippen molar-refractivity contribution in [3.63, 3.8) is 0 Å². The van der Waals surface area contributed by atoms with E-state index >= 15 is 0 Å². The van der Waals surface area contributed by atoms with E-state index in [0.29, 0.717) is 12.1 Å². The maximum Gasteiger partial charge on any atom is 0.123 e. The summed E-state index contributed by atoms with van der Waals surface area (Å²) in [6, 6.07) is 5.95. The van der Waals surface area contributed by atoms with E-state index in [9.17, 15) is 4.39 Å². The normalized spacial score (nSPS) is 24.9. The second-order valence-corrected chi connectivity index (χ2v) is 5.06. The fourth-order valence-corrected chi connectivity index (χ4v) is 2.44. The third kappa shape index (κ3) is 3.51. The van der Waals surface area contributed by atoms with Crippen molar-refractivity contribution in [3.8, 4) is 0 Å². The van der Waals surface area contributed by atoms with Crippen LogP contribution in [-0.2, 0) is 6.54 Å². The molecule has 1 aliphatic carbocycles. The van der Waals surface area contributed by atoms with Gasteiger partial charge < -0.3 is 11.1 Å². The Morgan fingerprint density at radius 2 is 2.00 bits per heavy atom. The van der Waals surface area contributed by atoms with Crippen LogP contribution in [0.5, 0.6) is 0 Å². The van der Waals surface area contributed by atoms with Crippen molar-refractivity contribution in [2.24, 2.45) is 5.73 Å². The minimum absolute atomic E-state index is 0.158. The molecule has 3 heteroatoms. The highest BCUT2D eigenvalue weighted by Gasteiger charge is 2.17. The lowest BCUT2D eigenvalue weighted by Crippen LogP contribution is -2.37. The summed E-state index contributed by atoms with van der Waals surface area (Å²) in [4.78, 5) is 0. The second kappa shape index (κ2) is 5.61. The third-order valence-corrected chi connectivity index (χ3v) is 3.66. The quantitative estimate of drug-likeness (QED) is 0.846. The molecule has 1 aromatic carbocycles. The van der Waals surface area contributed by atoms with E-state index in [0.717, 1.165) is 37.8 Å². The number of hydrogen-bond acceptors (Lipinski definition) is 2. The molecule has 0 spiro atoms. The highest BCUT2D eigenvalue weighted by molar-refractivity contribution is 5.26. The Balaban J connectivity index is 1.85. The van der Waals surface area contributed by atoms with Crippen molar-refractivity contribution in [2.45, 2.75) is 51.2 Å². The lowest BCUT2D eigenvalue weighted by molar-refractivity contribution is 0.341. The standard InChI is InChI=1S/C14H21FN2/c1-10-8-12(15)3-2-11(10)9-17-14-6-4-13(16)5-7-14/h2-3,8,13-14,17H,4-7,9,16H2,1H3. The molecule has 0 unspecified atom stereocenters. The van der Waals surface area contributed by atoms with Crippen LogP contribution in [0.25, 0.3) is 0 Å². The Morgan fingerprint density at radius 1 is 1.29 bits per heavy atom. The maximum atomic E-state index is 13.0. The van der Waals surface area contributed by atoms with Gasteiger partial charge in [0.05, 0.1) is 0 Å². The summed E-state index contributed by atoms with van der Waals surface area (Å²) >= 11 is 0. The smallest absolute Gasteiger partial charge is 0.123 e. The molecule has 0 saturated heterocycles. The minimum Gasteiger partial charge on any atom is -0.328 e. The van der Waals surface area contributed by atoms with Crippen molar-refractivity contribution in [1.29, 1.82) is 0 Å². The van der Waals surface area contributed by atoms with Crippen LogP contribution in [-0.4, -0.2) is 12.1 Å². The zero-order valence-corrected chi connectivity index (χ0v) is 10.4. The third-order valence-electron chi connectivity index (χ3n) is 3.66. The molecule has 0 bridgehead atoms. The summed E-state index contributed by atoms with van der Waals surface area (Å²) < 4.78 is 13.0. The van der Waals surface area contributed by atoms with Gasteiger partial charge in [-0.15, -0.1) is 0 Å². The topological polar surface area (TPSA) is 38.0 Å². The van der Waals surface area contributed by atoms with Gasteiger partial charge in [-0.25, -0.2) is 4.39 Å². The largest absolute Gasteiger partial charge is 0.328 e. The van der Waals surface area contributed by atoms with Gasteiger partial charge in [0.2, 0.25) is 0 Å². The molecular weight excluding hydrogens is 215 g/mol. The molecular formula is C14H21FN2. The van der Waals surface area contributed by atoms with Gasteiger partial charge in [-0.3, -0.25) is 0 Å². The Kier molecular flexibility index (Phi) is 4.13. The highest BCUT2D eigenvalue weighted by Crippen LogP contribution is 2.18. The summed E-state index contributed by atoms with van der Waals surface area (Å²) in [6.45, 7) is 2.78. The first-order chi connectivity index (χ1) is 8.15. The molecule has 0 atom stereocenters. The van der Waals surface area contributed by atoms with Crippen LogP contribution in [0.3, 0.4) is 0 Å². The van der Waals surface area contributed by atoms with Crippen LogP contribution in [0.2, 0.25) is 0 Å². The first kappa shape index (κ1) is 12.5. The average Bonchev–Trinajstić information content (AvgIpc) is 2.30. The molecule has 1 aliphatic rings. The first-order valence-corrected chi connectivity index (χ1v) is 6.39. The lowest BCUT2D eigenvalue weighted by Gasteiger charge is -2.27. The molecule has 1 fully saturated rings. The fraction of sp³-hybridized carbons (Fsp3) is 0.571. The van der Waals surface area contributed by atoms with Crippen molar-refractivity contribution < 1.29 is 4.39 Å². The van der Waals surface area contributed by atoms with E-state index in [2.05, 4.69) is 5.32 Å². The van der Waals surface area contributed by atoms with Crippen molar-refractivity contribution in [2.75, 3.05) is 0 Å². The van der Waals surface area contributed by atoms with E-state index < -0.39 is 0 Å². The average molecular weight is 236 g/mol. The molecule has 0 radical (unpaired) electrons. The summed E-state index contributed by atoms with van der Waals surface area (Å²) in [5.41, 5.74) is 8.08. The molecule has 94 valence electrons. The van der Waals surface area contributed by atoms with E-state index in [1.165, 1.54) is 11.6 Å². The van der Waals surface area contributed by atoms with Crippen LogP contribution >= 0.6 is 0 Å². The number of benzene rings is 1. The molecule has 0 amide bonds. The zero-order chi connectivity index (χ0) is 12.3. The summed E-state index contributed by atoms with van der Waals surface area (Å²) in [5.74, 6) is -0.158. The van der Waals surface area contributed by atoms with Crippen LogP contribution < -0.4 is 11.1 Å². The summed E-state index contributed by atoms with van der Waals surface area (Å²) in [6.07, 6.45) is 4.53. The van der Waals surface area contributed by atoms with E-state index in [-0.39, 0.29) is 5.82 Å². The van der Waals surface area contributed by atoms with Gasteiger partial charge in [0.25, 0.3) is 0 Å². The van der Waals surface area contributed by atoms with Gasteiger partial charge in [-0.05, 0) is 55.9 Å². The fourth-order valence-electron chi connectivity index (χ4n) is 2.44. The van der Waals surface area contributed by atoms with Gasteiger partial charge in [0.15, 0.2) is 0 Å². The number of rotatable bonds is 3. The van der Waals surface area contributed by atoms with Crippen LogP contribution in [0.15, 0.2) is 18.2 Å². The van der Waals surface area contributed by atoms with Crippen LogP contribution in [0.4, 0.5) is 4.39 Å². The molecule has 0 heterocycles. The Bertz CT molecular complexity index is 370. The maximum absolute atomic E-state index is 13.0. The first-order valence-electron chi connectivity index (χ1n) is 6.39.